The van der Waals surface area contributed by atoms with Gasteiger partial charge in [0.25, 0.3) is 0 Å². The van der Waals surface area contributed by atoms with Crippen molar-refractivity contribution in [3.8, 4) is 0 Å². The van der Waals surface area contributed by atoms with Crippen molar-refractivity contribution in [1.29, 1.82) is 0 Å². The van der Waals surface area contributed by atoms with Crippen LogP contribution in [-0.4, -0.2) is 40.5 Å². The largest absolute Gasteiger partial charge is 0.317 e. The molecule has 4 heteroatoms. The van der Waals surface area contributed by atoms with Crippen molar-refractivity contribution < 1.29 is 0 Å². The van der Waals surface area contributed by atoms with Gasteiger partial charge in [0.2, 0.25) is 0 Å². The predicted molar refractivity (Wildman–Crippen MR) is 89.2 cm³/mol. The maximum atomic E-state index is 4.59. The molecule has 2 fully saturated rings. The summed E-state index contributed by atoms with van der Waals surface area (Å²) in [5.74, 6) is 0.705. The Labute approximate surface area is 132 Å². The lowest BCUT2D eigenvalue weighted by molar-refractivity contribution is 0.218. The molecule has 0 radical (unpaired) electrons. The van der Waals surface area contributed by atoms with Crippen molar-refractivity contribution in [2.45, 2.75) is 44.6 Å². The van der Waals surface area contributed by atoms with Gasteiger partial charge in [-0.2, -0.15) is 0 Å². The first kappa shape index (κ1) is 14.2. The zero-order valence-electron chi connectivity index (χ0n) is 13.3. The molecule has 22 heavy (non-hydrogen) atoms. The Hall–Kier alpha value is -1.39. The third-order valence-corrected chi connectivity index (χ3v) is 5.25. The predicted octanol–water partition coefficient (Wildman–Crippen LogP) is 2.79. The summed E-state index contributed by atoms with van der Waals surface area (Å²) in [7, 11) is 0. The summed E-state index contributed by atoms with van der Waals surface area (Å²) in [4.78, 5) is 7.17. The van der Waals surface area contributed by atoms with E-state index in [4.69, 9.17) is 0 Å². The van der Waals surface area contributed by atoms with Gasteiger partial charge in [-0.1, -0.05) is 12.5 Å². The molecule has 0 atom stereocenters. The van der Waals surface area contributed by atoms with E-state index in [1.165, 1.54) is 56.5 Å². The molecule has 2 aliphatic heterocycles. The zero-order valence-corrected chi connectivity index (χ0v) is 13.3. The fourth-order valence-electron chi connectivity index (χ4n) is 3.91. The maximum absolute atomic E-state index is 4.59. The Morgan fingerprint density at radius 2 is 1.91 bits per heavy atom. The Kier molecular flexibility index (Phi) is 4.13. The van der Waals surface area contributed by atoms with Crippen molar-refractivity contribution in [2.75, 3.05) is 26.2 Å². The Morgan fingerprint density at radius 3 is 2.73 bits per heavy atom. The molecule has 4 nitrogen and oxygen atoms in total. The lowest BCUT2D eigenvalue weighted by Gasteiger charge is -2.26. The molecule has 118 valence electrons. The molecule has 1 N–H and O–H groups in total. The second-order valence-corrected chi connectivity index (χ2v) is 6.80. The highest BCUT2D eigenvalue weighted by Crippen LogP contribution is 2.26. The quantitative estimate of drug-likeness (QED) is 0.946. The average Bonchev–Trinajstić information content (AvgIpc) is 2.99. The molecular weight excluding hydrogens is 272 g/mol. The minimum atomic E-state index is 0.705. The third-order valence-electron chi connectivity index (χ3n) is 5.25. The van der Waals surface area contributed by atoms with E-state index >= 15 is 0 Å². The standard InChI is InChI=1S/C18H26N4/c1-2-10-21(11-3-1)14-17-12-20-18-5-4-16(13-22(17)18)15-6-8-19-9-7-15/h4-5,12-13,15,19H,1-3,6-11,14H2. The van der Waals surface area contributed by atoms with Crippen LogP contribution in [0.15, 0.2) is 24.5 Å². The van der Waals surface area contributed by atoms with Gasteiger partial charge >= 0.3 is 0 Å². The van der Waals surface area contributed by atoms with Gasteiger partial charge in [0.15, 0.2) is 0 Å². The van der Waals surface area contributed by atoms with Gasteiger partial charge in [-0.25, -0.2) is 4.98 Å². The fourth-order valence-corrected chi connectivity index (χ4v) is 3.91. The van der Waals surface area contributed by atoms with E-state index in [0.29, 0.717) is 5.92 Å². The normalized spacial score (nSPS) is 21.5. The second kappa shape index (κ2) is 6.39. The van der Waals surface area contributed by atoms with Crippen molar-refractivity contribution in [3.05, 3.63) is 35.8 Å². The molecule has 2 aromatic heterocycles. The van der Waals surface area contributed by atoms with E-state index in [-0.39, 0.29) is 0 Å². The first-order chi connectivity index (χ1) is 10.9. The first-order valence-corrected chi connectivity index (χ1v) is 8.79. The monoisotopic (exact) mass is 298 g/mol. The van der Waals surface area contributed by atoms with Crippen LogP contribution in [0.1, 0.15) is 49.3 Å². The number of hydrogen-bond donors (Lipinski definition) is 1. The molecule has 4 heterocycles. The number of hydrogen-bond acceptors (Lipinski definition) is 3. The van der Waals surface area contributed by atoms with Crippen molar-refractivity contribution in [3.63, 3.8) is 0 Å². The molecular formula is C18H26N4. The van der Waals surface area contributed by atoms with Gasteiger partial charge in [0.05, 0.1) is 11.9 Å². The maximum Gasteiger partial charge on any atom is 0.136 e. The third kappa shape index (κ3) is 2.90. The summed E-state index contributed by atoms with van der Waals surface area (Å²) in [6, 6.07) is 4.47. The van der Waals surface area contributed by atoms with Crippen molar-refractivity contribution in [2.24, 2.45) is 0 Å². The number of rotatable bonds is 3. The first-order valence-electron chi connectivity index (χ1n) is 8.79. The molecule has 2 saturated heterocycles. The lowest BCUT2D eigenvalue weighted by atomic mass is 9.91. The van der Waals surface area contributed by atoms with Gasteiger partial charge in [-0.15, -0.1) is 0 Å². The minimum absolute atomic E-state index is 0.705. The number of nitrogens with one attached hydrogen (secondary N) is 1. The van der Waals surface area contributed by atoms with Crippen LogP contribution in [0.2, 0.25) is 0 Å². The van der Waals surface area contributed by atoms with Crippen molar-refractivity contribution in [1.82, 2.24) is 19.6 Å². The molecule has 0 saturated carbocycles. The smallest absolute Gasteiger partial charge is 0.136 e. The Morgan fingerprint density at radius 1 is 1.09 bits per heavy atom. The molecule has 0 unspecified atom stereocenters. The van der Waals surface area contributed by atoms with Crippen LogP contribution in [0.25, 0.3) is 5.65 Å². The van der Waals surface area contributed by atoms with E-state index in [9.17, 15) is 0 Å². The van der Waals surface area contributed by atoms with Gasteiger partial charge in [0, 0.05) is 12.7 Å². The molecule has 0 bridgehead atoms. The molecule has 0 aliphatic carbocycles. The van der Waals surface area contributed by atoms with Crippen LogP contribution >= 0.6 is 0 Å². The van der Waals surface area contributed by atoms with E-state index in [1.54, 1.807) is 0 Å². The van der Waals surface area contributed by atoms with E-state index in [1.807, 2.05) is 0 Å². The number of likely N-dealkylation sites (tertiary alicyclic amines) is 1. The molecule has 2 aliphatic rings. The molecule has 0 amide bonds. The minimum Gasteiger partial charge on any atom is -0.317 e. The van der Waals surface area contributed by atoms with Gasteiger partial charge in [-0.3, -0.25) is 4.90 Å². The van der Waals surface area contributed by atoms with Crippen LogP contribution < -0.4 is 5.32 Å². The molecule has 0 aromatic carbocycles. The topological polar surface area (TPSA) is 32.6 Å². The number of aromatic nitrogens is 2. The number of piperidine rings is 2. The van der Waals surface area contributed by atoms with E-state index in [0.717, 1.165) is 25.3 Å². The summed E-state index contributed by atoms with van der Waals surface area (Å²) >= 11 is 0. The van der Waals surface area contributed by atoms with Gasteiger partial charge in [-0.05, 0) is 69.4 Å². The summed E-state index contributed by atoms with van der Waals surface area (Å²) < 4.78 is 2.33. The lowest BCUT2D eigenvalue weighted by Crippen LogP contribution is -2.29. The van der Waals surface area contributed by atoms with Crippen molar-refractivity contribution >= 4 is 5.65 Å². The summed E-state index contributed by atoms with van der Waals surface area (Å²) in [6.45, 7) is 5.81. The highest BCUT2D eigenvalue weighted by molar-refractivity contribution is 5.42. The van der Waals surface area contributed by atoms with E-state index < -0.39 is 0 Å². The summed E-state index contributed by atoms with van der Waals surface area (Å²) in [5.41, 5.74) is 3.91. The van der Waals surface area contributed by atoms with Crippen LogP contribution in [-0.2, 0) is 6.54 Å². The Balaban J connectivity index is 1.58. The van der Waals surface area contributed by atoms with Gasteiger partial charge in [0.1, 0.15) is 5.65 Å². The molecule has 0 spiro atoms. The molecule has 4 rings (SSSR count). The number of fused-ring (bicyclic) bond motifs is 1. The highest BCUT2D eigenvalue weighted by Gasteiger charge is 2.17. The van der Waals surface area contributed by atoms with Crippen LogP contribution in [0, 0.1) is 0 Å². The molecule has 2 aromatic rings. The fraction of sp³-hybridized carbons (Fsp3) is 0.611. The second-order valence-electron chi connectivity index (χ2n) is 6.80. The Bertz CT molecular complexity index is 621. The summed E-state index contributed by atoms with van der Waals surface area (Å²) in [6.07, 6.45) is 11.0. The number of pyridine rings is 1. The number of nitrogens with zero attached hydrogens (tertiary/aromatic N) is 3. The summed E-state index contributed by atoms with van der Waals surface area (Å²) in [5, 5.41) is 3.46. The highest BCUT2D eigenvalue weighted by atomic mass is 15.1. The average molecular weight is 298 g/mol. The van der Waals surface area contributed by atoms with E-state index in [2.05, 4.69) is 44.1 Å². The number of imidazole rings is 1. The SMILES string of the molecule is c1cc2ncc(CN3CCCCC3)n2cc1C1CCNCC1. The van der Waals surface area contributed by atoms with Crippen LogP contribution in [0.3, 0.4) is 0 Å². The zero-order chi connectivity index (χ0) is 14.8. The van der Waals surface area contributed by atoms with Crippen LogP contribution in [0.4, 0.5) is 0 Å². The van der Waals surface area contributed by atoms with Gasteiger partial charge < -0.3 is 9.72 Å². The van der Waals surface area contributed by atoms with Crippen LogP contribution in [0.5, 0.6) is 0 Å².